The summed E-state index contributed by atoms with van der Waals surface area (Å²) in [5.41, 5.74) is 6.06. The van der Waals surface area contributed by atoms with E-state index in [2.05, 4.69) is 5.32 Å². The number of nitrogens with one attached hydrogen (secondary N) is 1. The second-order valence-electron chi connectivity index (χ2n) is 4.59. The van der Waals surface area contributed by atoms with Crippen molar-refractivity contribution in [2.45, 2.75) is 25.8 Å². The highest BCUT2D eigenvalue weighted by Gasteiger charge is 2.24. The molecule has 1 atom stereocenters. The van der Waals surface area contributed by atoms with Crippen molar-refractivity contribution >= 4 is 17.3 Å². The van der Waals surface area contributed by atoms with E-state index in [0.717, 1.165) is 12.8 Å². The molecular formula is C13H18FN3O2. The molecule has 1 unspecified atom stereocenters. The standard InChI is InChI=1S/C13H18FN3O2/c1-9(17-6-2-3-7-19-17)13(18)16-12-8-10(15)4-5-11(12)14/h4-5,8-9H,2-3,6-7,15H2,1H3,(H,16,18). The van der Waals surface area contributed by atoms with Crippen molar-refractivity contribution in [2.75, 3.05) is 24.2 Å². The summed E-state index contributed by atoms with van der Waals surface area (Å²) in [5.74, 6) is -0.819. The van der Waals surface area contributed by atoms with Gasteiger partial charge in [-0.05, 0) is 38.0 Å². The van der Waals surface area contributed by atoms with E-state index >= 15 is 0 Å². The first-order chi connectivity index (χ1) is 9.08. The summed E-state index contributed by atoms with van der Waals surface area (Å²) >= 11 is 0. The van der Waals surface area contributed by atoms with Crippen LogP contribution in [0.4, 0.5) is 15.8 Å². The van der Waals surface area contributed by atoms with E-state index in [9.17, 15) is 9.18 Å². The van der Waals surface area contributed by atoms with Gasteiger partial charge in [0.25, 0.3) is 0 Å². The van der Waals surface area contributed by atoms with E-state index in [1.54, 1.807) is 12.0 Å². The minimum Gasteiger partial charge on any atom is -0.399 e. The summed E-state index contributed by atoms with van der Waals surface area (Å²) < 4.78 is 13.5. The Morgan fingerprint density at radius 1 is 1.53 bits per heavy atom. The largest absolute Gasteiger partial charge is 0.399 e. The monoisotopic (exact) mass is 267 g/mol. The molecule has 1 amide bonds. The molecule has 3 N–H and O–H groups in total. The molecule has 1 aliphatic heterocycles. The van der Waals surface area contributed by atoms with Gasteiger partial charge in [0, 0.05) is 12.2 Å². The van der Waals surface area contributed by atoms with Gasteiger partial charge in [-0.15, -0.1) is 0 Å². The molecule has 2 rings (SSSR count). The van der Waals surface area contributed by atoms with Crippen LogP contribution in [-0.4, -0.2) is 30.2 Å². The molecule has 1 aliphatic rings. The first-order valence-electron chi connectivity index (χ1n) is 6.33. The number of hydrogen-bond donors (Lipinski definition) is 2. The molecule has 0 spiro atoms. The number of amides is 1. The van der Waals surface area contributed by atoms with Crippen LogP contribution in [-0.2, 0) is 9.63 Å². The number of nitrogen functional groups attached to an aromatic ring is 1. The number of nitrogens with zero attached hydrogens (tertiary/aromatic N) is 1. The number of carbonyl (C=O) groups is 1. The van der Waals surface area contributed by atoms with E-state index in [1.807, 2.05) is 0 Å². The molecule has 1 saturated heterocycles. The highest BCUT2D eigenvalue weighted by molar-refractivity contribution is 5.94. The van der Waals surface area contributed by atoms with Gasteiger partial charge in [-0.1, -0.05) is 0 Å². The third-order valence-corrected chi connectivity index (χ3v) is 3.09. The fourth-order valence-electron chi connectivity index (χ4n) is 1.93. The zero-order valence-corrected chi connectivity index (χ0v) is 10.9. The third kappa shape index (κ3) is 3.42. The zero-order valence-electron chi connectivity index (χ0n) is 10.9. The molecular weight excluding hydrogens is 249 g/mol. The van der Waals surface area contributed by atoms with Crippen LogP contribution in [0.25, 0.3) is 0 Å². The number of hydroxylamine groups is 2. The van der Waals surface area contributed by atoms with E-state index in [1.165, 1.54) is 18.2 Å². The van der Waals surface area contributed by atoms with Crippen LogP contribution in [0.2, 0.25) is 0 Å². The van der Waals surface area contributed by atoms with Gasteiger partial charge < -0.3 is 11.1 Å². The van der Waals surface area contributed by atoms with E-state index < -0.39 is 11.9 Å². The lowest BCUT2D eigenvalue weighted by Gasteiger charge is -2.30. The Hall–Kier alpha value is -1.66. The Kier molecular flexibility index (Phi) is 4.34. The van der Waals surface area contributed by atoms with Crippen LogP contribution in [0.1, 0.15) is 19.8 Å². The van der Waals surface area contributed by atoms with E-state index in [0.29, 0.717) is 18.8 Å². The molecule has 1 aromatic rings. The molecule has 0 radical (unpaired) electrons. The molecule has 0 saturated carbocycles. The van der Waals surface area contributed by atoms with Gasteiger partial charge in [-0.3, -0.25) is 9.63 Å². The van der Waals surface area contributed by atoms with Gasteiger partial charge in [-0.25, -0.2) is 4.39 Å². The molecule has 104 valence electrons. The van der Waals surface area contributed by atoms with Gasteiger partial charge in [0.1, 0.15) is 11.9 Å². The number of benzene rings is 1. The molecule has 6 heteroatoms. The fourth-order valence-corrected chi connectivity index (χ4v) is 1.93. The first-order valence-corrected chi connectivity index (χ1v) is 6.33. The average Bonchev–Trinajstić information content (AvgIpc) is 2.43. The lowest BCUT2D eigenvalue weighted by molar-refractivity contribution is -0.202. The summed E-state index contributed by atoms with van der Waals surface area (Å²) in [4.78, 5) is 17.4. The van der Waals surface area contributed by atoms with Crippen molar-refractivity contribution in [3.05, 3.63) is 24.0 Å². The molecule has 0 aromatic heterocycles. The Morgan fingerprint density at radius 3 is 3.00 bits per heavy atom. The second-order valence-corrected chi connectivity index (χ2v) is 4.59. The molecule has 0 bridgehead atoms. The van der Waals surface area contributed by atoms with Crippen molar-refractivity contribution in [3.63, 3.8) is 0 Å². The Morgan fingerprint density at radius 2 is 2.32 bits per heavy atom. The highest BCUT2D eigenvalue weighted by atomic mass is 19.1. The molecule has 1 aromatic carbocycles. The van der Waals surface area contributed by atoms with Crippen molar-refractivity contribution in [1.82, 2.24) is 5.06 Å². The number of carbonyl (C=O) groups excluding carboxylic acids is 1. The molecule has 0 aliphatic carbocycles. The Bertz CT molecular complexity index is 461. The normalized spacial score (nSPS) is 18.0. The van der Waals surface area contributed by atoms with Crippen LogP contribution in [0.3, 0.4) is 0 Å². The van der Waals surface area contributed by atoms with Crippen LogP contribution < -0.4 is 11.1 Å². The molecule has 1 fully saturated rings. The number of hydrogen-bond acceptors (Lipinski definition) is 4. The maximum Gasteiger partial charge on any atom is 0.243 e. The number of halogens is 1. The van der Waals surface area contributed by atoms with Gasteiger partial charge in [0.15, 0.2) is 0 Å². The predicted molar refractivity (Wildman–Crippen MR) is 70.8 cm³/mol. The van der Waals surface area contributed by atoms with Gasteiger partial charge in [0.2, 0.25) is 5.91 Å². The van der Waals surface area contributed by atoms with Gasteiger partial charge >= 0.3 is 0 Å². The highest BCUT2D eigenvalue weighted by Crippen LogP contribution is 2.18. The summed E-state index contributed by atoms with van der Waals surface area (Å²) in [6.45, 7) is 3.04. The molecule has 1 heterocycles. The SMILES string of the molecule is CC(C(=O)Nc1cc(N)ccc1F)N1CCCCO1. The Balaban J connectivity index is 2.01. The minimum absolute atomic E-state index is 0.0915. The van der Waals surface area contributed by atoms with Crippen LogP contribution >= 0.6 is 0 Å². The number of anilines is 2. The summed E-state index contributed by atoms with van der Waals surface area (Å²) in [7, 11) is 0. The molecule has 19 heavy (non-hydrogen) atoms. The van der Waals surface area contributed by atoms with Crippen LogP contribution in [0.5, 0.6) is 0 Å². The van der Waals surface area contributed by atoms with Crippen LogP contribution in [0, 0.1) is 5.82 Å². The number of rotatable bonds is 3. The van der Waals surface area contributed by atoms with Crippen LogP contribution in [0.15, 0.2) is 18.2 Å². The second kappa shape index (κ2) is 5.99. The lowest BCUT2D eigenvalue weighted by atomic mass is 10.2. The topological polar surface area (TPSA) is 67.6 Å². The van der Waals surface area contributed by atoms with E-state index in [-0.39, 0.29) is 11.6 Å². The fraction of sp³-hybridized carbons (Fsp3) is 0.462. The first kappa shape index (κ1) is 13.8. The smallest absolute Gasteiger partial charge is 0.243 e. The zero-order chi connectivity index (χ0) is 13.8. The minimum atomic E-state index is -0.505. The van der Waals surface area contributed by atoms with Crippen molar-refractivity contribution in [1.29, 1.82) is 0 Å². The average molecular weight is 267 g/mol. The van der Waals surface area contributed by atoms with E-state index in [4.69, 9.17) is 10.6 Å². The maximum atomic E-state index is 13.5. The maximum absolute atomic E-state index is 13.5. The van der Waals surface area contributed by atoms with Crippen molar-refractivity contribution in [2.24, 2.45) is 0 Å². The number of nitrogens with two attached hydrogens (primary N) is 1. The predicted octanol–water partition coefficient (Wildman–Crippen LogP) is 1.76. The van der Waals surface area contributed by atoms with Crippen molar-refractivity contribution < 1.29 is 14.0 Å². The quantitative estimate of drug-likeness (QED) is 0.819. The summed E-state index contributed by atoms with van der Waals surface area (Å²) in [6.07, 6.45) is 1.99. The van der Waals surface area contributed by atoms with Gasteiger partial charge in [-0.2, -0.15) is 5.06 Å². The van der Waals surface area contributed by atoms with Gasteiger partial charge in [0.05, 0.1) is 12.3 Å². The molecule has 5 nitrogen and oxygen atoms in total. The third-order valence-electron chi connectivity index (χ3n) is 3.09. The lowest BCUT2D eigenvalue weighted by Crippen LogP contribution is -2.44. The van der Waals surface area contributed by atoms with Crippen molar-refractivity contribution in [3.8, 4) is 0 Å². The Labute approximate surface area is 111 Å². The summed E-state index contributed by atoms with van der Waals surface area (Å²) in [5, 5.41) is 4.16. The summed E-state index contributed by atoms with van der Waals surface area (Å²) in [6, 6.07) is 3.60.